The fourth-order valence-corrected chi connectivity index (χ4v) is 5.73. The molecule has 1 aromatic carbocycles. The number of benzene rings is 1. The number of methoxy groups -OCH3 is 1. The summed E-state index contributed by atoms with van der Waals surface area (Å²) in [7, 11) is 1.73. The number of fused-ring (bicyclic) bond motifs is 1. The van der Waals surface area contributed by atoms with E-state index in [0.717, 1.165) is 26.0 Å². The number of aliphatic hydroxyl groups is 1. The lowest BCUT2D eigenvalue weighted by Crippen LogP contribution is -2.48. The number of aromatic nitrogens is 1. The highest BCUT2D eigenvalue weighted by Gasteiger charge is 2.34. The topological polar surface area (TPSA) is 102 Å². The Labute approximate surface area is 259 Å². The van der Waals surface area contributed by atoms with Crippen molar-refractivity contribution in [1.82, 2.24) is 15.2 Å². The summed E-state index contributed by atoms with van der Waals surface area (Å²) >= 11 is 0. The molecule has 0 unspecified atom stereocenters. The molecule has 4 atom stereocenters. The molecule has 0 saturated heterocycles. The Morgan fingerprint density at radius 3 is 2.40 bits per heavy atom. The van der Waals surface area contributed by atoms with E-state index >= 15 is 0 Å². The summed E-state index contributed by atoms with van der Waals surface area (Å²) in [5.41, 5.74) is 1.77. The van der Waals surface area contributed by atoms with Crippen LogP contribution in [0.25, 0.3) is 10.9 Å². The lowest BCUT2D eigenvalue weighted by Gasteiger charge is -2.33. The number of aryl methyl sites for hydroxylation is 1. The maximum Gasteiger partial charge on any atom is 0.407 e. The van der Waals surface area contributed by atoms with E-state index in [1.807, 2.05) is 34.6 Å². The SMILES string of the molecule is COCCCn1ccc2ccc(C[C@@H](C[C@H](NC(=O)OC(C)(C)C)[C@@H](O)C[C@H](C(=O)NCC3CC3)C(C)C)C(C)C)cc21. The maximum atomic E-state index is 13.1. The Kier molecular flexibility index (Phi) is 12.9. The molecule has 1 saturated carbocycles. The number of nitrogens with one attached hydrogen (secondary N) is 2. The van der Waals surface area contributed by atoms with Crippen molar-refractivity contribution in [2.75, 3.05) is 20.3 Å². The van der Waals surface area contributed by atoms with Crippen molar-refractivity contribution in [3.63, 3.8) is 0 Å². The van der Waals surface area contributed by atoms with Gasteiger partial charge in [-0.3, -0.25) is 4.79 Å². The molecule has 242 valence electrons. The van der Waals surface area contributed by atoms with Crippen molar-refractivity contribution in [1.29, 1.82) is 0 Å². The van der Waals surface area contributed by atoms with Crippen LogP contribution in [-0.4, -0.2) is 59.7 Å². The van der Waals surface area contributed by atoms with Gasteiger partial charge in [0.05, 0.1) is 12.1 Å². The van der Waals surface area contributed by atoms with Crippen molar-refractivity contribution in [3.8, 4) is 0 Å². The molecule has 43 heavy (non-hydrogen) atoms. The molecule has 0 aliphatic heterocycles. The first-order valence-corrected chi connectivity index (χ1v) is 16.3. The summed E-state index contributed by atoms with van der Waals surface area (Å²) in [5.74, 6) is 0.778. The predicted molar refractivity (Wildman–Crippen MR) is 173 cm³/mol. The van der Waals surface area contributed by atoms with Crippen molar-refractivity contribution in [2.24, 2.45) is 29.6 Å². The van der Waals surface area contributed by atoms with Gasteiger partial charge in [0.2, 0.25) is 5.91 Å². The Hall–Kier alpha value is -2.58. The Morgan fingerprint density at radius 1 is 1.07 bits per heavy atom. The van der Waals surface area contributed by atoms with E-state index in [2.05, 4.69) is 59.5 Å². The quantitative estimate of drug-likeness (QED) is 0.185. The third kappa shape index (κ3) is 11.5. The number of hydrogen-bond donors (Lipinski definition) is 3. The third-order valence-electron chi connectivity index (χ3n) is 8.65. The van der Waals surface area contributed by atoms with Gasteiger partial charge in [-0.25, -0.2) is 4.79 Å². The Morgan fingerprint density at radius 2 is 1.79 bits per heavy atom. The summed E-state index contributed by atoms with van der Waals surface area (Å²) < 4.78 is 13.1. The zero-order chi connectivity index (χ0) is 31.7. The summed E-state index contributed by atoms with van der Waals surface area (Å²) in [5, 5.41) is 18.9. The van der Waals surface area contributed by atoms with Gasteiger partial charge in [-0.1, -0.05) is 39.8 Å². The standard InChI is InChI=1S/C35H57N3O5/c1-23(2)28(18-26-12-13-27-14-16-38(31(27)19-26)15-9-17-42-8)20-30(37-34(41)43-35(5,6)7)32(39)21-29(24(3)4)33(40)36-22-25-10-11-25/h12-14,16,19,23-25,28-30,32,39H,9-11,15,17-18,20-22H2,1-8H3,(H,36,40)(H,37,41)/t28-,29-,30-,32-/m0/s1. The van der Waals surface area contributed by atoms with E-state index in [4.69, 9.17) is 9.47 Å². The molecular formula is C35H57N3O5. The molecule has 8 heteroatoms. The summed E-state index contributed by atoms with van der Waals surface area (Å²) in [6.45, 7) is 16.2. The van der Waals surface area contributed by atoms with E-state index in [0.29, 0.717) is 24.8 Å². The second kappa shape index (κ2) is 15.9. The van der Waals surface area contributed by atoms with Crippen LogP contribution in [0.5, 0.6) is 0 Å². The Balaban J connectivity index is 1.79. The monoisotopic (exact) mass is 599 g/mol. The minimum Gasteiger partial charge on any atom is -0.444 e. The smallest absolute Gasteiger partial charge is 0.407 e. The van der Waals surface area contributed by atoms with Crippen LogP contribution in [0, 0.1) is 29.6 Å². The van der Waals surface area contributed by atoms with Crippen LogP contribution in [0.3, 0.4) is 0 Å². The molecule has 3 rings (SSSR count). The van der Waals surface area contributed by atoms with Gasteiger partial charge in [0.1, 0.15) is 5.60 Å². The largest absolute Gasteiger partial charge is 0.444 e. The van der Waals surface area contributed by atoms with Crippen LogP contribution < -0.4 is 10.6 Å². The van der Waals surface area contributed by atoms with Gasteiger partial charge in [0, 0.05) is 44.4 Å². The second-order valence-electron chi connectivity index (χ2n) is 14.3. The van der Waals surface area contributed by atoms with Crippen molar-refractivity contribution >= 4 is 22.9 Å². The molecule has 0 bridgehead atoms. The number of aliphatic hydroxyl groups excluding tert-OH is 1. The average molecular weight is 600 g/mol. The van der Waals surface area contributed by atoms with E-state index in [1.54, 1.807) is 7.11 Å². The minimum atomic E-state index is -0.895. The number of nitrogens with zero attached hydrogens (tertiary/aromatic N) is 1. The van der Waals surface area contributed by atoms with E-state index in [1.165, 1.54) is 29.3 Å². The van der Waals surface area contributed by atoms with Crippen LogP contribution >= 0.6 is 0 Å². The number of ether oxygens (including phenoxy) is 2. The molecule has 1 heterocycles. The number of hydrogen-bond acceptors (Lipinski definition) is 5. The second-order valence-corrected chi connectivity index (χ2v) is 14.3. The molecule has 1 aliphatic rings. The first kappa shape index (κ1) is 34.9. The highest BCUT2D eigenvalue weighted by atomic mass is 16.6. The first-order chi connectivity index (χ1) is 20.3. The van der Waals surface area contributed by atoms with Gasteiger partial charge in [-0.2, -0.15) is 0 Å². The molecule has 2 aromatic rings. The van der Waals surface area contributed by atoms with Crippen LogP contribution in [0.4, 0.5) is 4.79 Å². The molecule has 1 fully saturated rings. The fourth-order valence-electron chi connectivity index (χ4n) is 5.73. The molecule has 2 amide bonds. The number of amides is 2. The van der Waals surface area contributed by atoms with Crippen LogP contribution in [0.15, 0.2) is 30.5 Å². The molecule has 1 aromatic heterocycles. The van der Waals surface area contributed by atoms with Crippen molar-refractivity contribution < 1.29 is 24.2 Å². The molecule has 0 radical (unpaired) electrons. The minimum absolute atomic E-state index is 0.0146. The first-order valence-electron chi connectivity index (χ1n) is 16.3. The zero-order valence-corrected chi connectivity index (χ0v) is 27.8. The van der Waals surface area contributed by atoms with Gasteiger partial charge < -0.3 is 29.8 Å². The van der Waals surface area contributed by atoms with Crippen LogP contribution in [-0.2, 0) is 27.2 Å². The number of carbonyl (C=O) groups is 2. The number of rotatable bonds is 17. The maximum absolute atomic E-state index is 13.1. The average Bonchev–Trinajstić information content (AvgIpc) is 3.67. The van der Waals surface area contributed by atoms with E-state index < -0.39 is 23.8 Å². The van der Waals surface area contributed by atoms with Gasteiger partial charge in [0.15, 0.2) is 0 Å². The van der Waals surface area contributed by atoms with E-state index in [9.17, 15) is 14.7 Å². The summed E-state index contributed by atoms with van der Waals surface area (Å²) in [6, 6.07) is 8.22. The van der Waals surface area contributed by atoms with Crippen molar-refractivity contribution in [3.05, 3.63) is 36.0 Å². The highest BCUT2D eigenvalue weighted by Crippen LogP contribution is 2.30. The summed E-state index contributed by atoms with van der Waals surface area (Å²) in [6.07, 6.45) is 5.63. The number of alkyl carbamates (subject to hydrolysis) is 1. The molecule has 0 spiro atoms. The van der Waals surface area contributed by atoms with Gasteiger partial charge in [0.25, 0.3) is 0 Å². The van der Waals surface area contributed by atoms with Crippen molar-refractivity contribution in [2.45, 2.75) is 111 Å². The van der Waals surface area contributed by atoms with Gasteiger partial charge in [-0.15, -0.1) is 0 Å². The molecule has 3 N–H and O–H groups in total. The lowest BCUT2D eigenvalue weighted by atomic mass is 9.80. The van der Waals surface area contributed by atoms with Gasteiger partial charge >= 0.3 is 6.09 Å². The normalized spacial score (nSPS) is 16.7. The molecular weight excluding hydrogens is 542 g/mol. The Bertz CT molecular complexity index is 1160. The molecule has 1 aliphatic carbocycles. The van der Waals surface area contributed by atoms with Gasteiger partial charge in [-0.05, 0) is 106 Å². The lowest BCUT2D eigenvalue weighted by molar-refractivity contribution is -0.127. The predicted octanol–water partition coefficient (Wildman–Crippen LogP) is 6.33. The van der Waals surface area contributed by atoms with E-state index in [-0.39, 0.29) is 30.1 Å². The molecule has 8 nitrogen and oxygen atoms in total. The summed E-state index contributed by atoms with van der Waals surface area (Å²) in [4.78, 5) is 26.1. The third-order valence-corrected chi connectivity index (χ3v) is 8.65. The fraction of sp³-hybridized carbons (Fsp3) is 0.714. The van der Waals surface area contributed by atoms with Crippen LogP contribution in [0.2, 0.25) is 0 Å². The number of carbonyl (C=O) groups excluding carboxylic acids is 2. The van der Waals surface area contributed by atoms with Crippen LogP contribution in [0.1, 0.15) is 86.1 Å². The zero-order valence-electron chi connectivity index (χ0n) is 27.8. The highest BCUT2D eigenvalue weighted by molar-refractivity contribution is 5.81.